The highest BCUT2D eigenvalue weighted by Crippen LogP contribution is 2.15. The Bertz CT molecular complexity index is 332. The Morgan fingerprint density at radius 2 is 0.556 bits per heavy atom. The van der Waals surface area contributed by atoms with E-state index in [1.807, 2.05) is 0 Å². The minimum atomic E-state index is -0.0271. The summed E-state index contributed by atoms with van der Waals surface area (Å²) < 4.78 is 0. The van der Waals surface area contributed by atoms with Gasteiger partial charge in [0.05, 0.1) is 6.10 Å². The Kier molecular flexibility index (Phi) is 39.2. The Morgan fingerprint density at radius 3 is 0.806 bits per heavy atom. The molecule has 0 aliphatic heterocycles. The highest BCUT2D eigenvalue weighted by Gasteiger charge is 2.03. The molecule has 0 aromatic heterocycles. The highest BCUT2D eigenvalue weighted by molar-refractivity contribution is 4.57. The second-order valence-corrected chi connectivity index (χ2v) is 11.4. The molecule has 1 atom stereocenters. The zero-order valence-electron chi connectivity index (χ0n) is 25.7. The largest absolute Gasteiger partial charge is 0.396 e. The van der Waals surface area contributed by atoms with Crippen molar-refractivity contribution >= 4 is 0 Å². The summed E-state index contributed by atoms with van der Waals surface area (Å²) in [7, 11) is 0. The number of rotatable bonds is 29. The topological polar surface area (TPSA) is 40.5 Å². The van der Waals surface area contributed by atoms with E-state index in [9.17, 15) is 5.11 Å². The summed E-state index contributed by atoms with van der Waals surface area (Å²) in [5, 5.41) is 18.6. The molecule has 2 heteroatoms. The molecular formula is C34H72O2. The van der Waals surface area contributed by atoms with E-state index in [4.69, 9.17) is 5.11 Å². The van der Waals surface area contributed by atoms with Crippen LogP contribution in [0.1, 0.15) is 207 Å². The van der Waals surface area contributed by atoms with Gasteiger partial charge in [0, 0.05) is 6.61 Å². The third kappa shape index (κ3) is 38.5. The van der Waals surface area contributed by atoms with E-state index in [1.165, 1.54) is 167 Å². The molecule has 0 saturated heterocycles. The molecule has 0 aliphatic rings. The SMILES string of the molecule is CCCCCCCCCCCC(O)CCCCCCCC.CCCCCCCCCCCCCCO. The summed E-state index contributed by atoms with van der Waals surface area (Å²) in [5.41, 5.74) is 0. The first kappa shape index (κ1) is 38.1. The molecule has 220 valence electrons. The maximum absolute atomic E-state index is 9.95. The van der Waals surface area contributed by atoms with Crippen LogP contribution in [0.2, 0.25) is 0 Å². The zero-order valence-corrected chi connectivity index (χ0v) is 25.7. The van der Waals surface area contributed by atoms with Crippen molar-refractivity contribution in [2.75, 3.05) is 6.61 Å². The number of aliphatic hydroxyl groups excluding tert-OH is 2. The minimum absolute atomic E-state index is 0.0271. The number of hydrogen-bond donors (Lipinski definition) is 2. The standard InChI is InChI=1S/C20H42O.C14H30O/c1-3-5-7-9-11-12-13-15-17-19-20(21)18-16-14-10-8-6-4-2;1-2-3-4-5-6-7-8-9-10-11-12-13-14-15/h20-21H,3-19H2,1-2H3;15H,2-14H2,1H3. The van der Waals surface area contributed by atoms with Crippen molar-refractivity contribution in [1.82, 2.24) is 0 Å². The van der Waals surface area contributed by atoms with Gasteiger partial charge in [0.15, 0.2) is 0 Å². The van der Waals surface area contributed by atoms with Crippen molar-refractivity contribution in [1.29, 1.82) is 0 Å². The fourth-order valence-electron chi connectivity index (χ4n) is 4.95. The minimum Gasteiger partial charge on any atom is -0.396 e. The van der Waals surface area contributed by atoms with Gasteiger partial charge in [-0.15, -0.1) is 0 Å². The van der Waals surface area contributed by atoms with E-state index in [2.05, 4.69) is 20.8 Å². The van der Waals surface area contributed by atoms with Crippen LogP contribution in [0.3, 0.4) is 0 Å². The van der Waals surface area contributed by atoms with E-state index >= 15 is 0 Å². The molecule has 0 bridgehead atoms. The van der Waals surface area contributed by atoms with Gasteiger partial charge < -0.3 is 10.2 Å². The van der Waals surface area contributed by atoms with Gasteiger partial charge in [0.25, 0.3) is 0 Å². The predicted octanol–water partition coefficient (Wildman–Crippen LogP) is 11.7. The third-order valence-electron chi connectivity index (χ3n) is 7.54. The molecule has 0 spiro atoms. The molecule has 0 saturated carbocycles. The Hall–Kier alpha value is -0.0800. The maximum Gasteiger partial charge on any atom is 0.0540 e. The molecule has 0 rings (SSSR count). The summed E-state index contributed by atoms with van der Waals surface area (Å²) >= 11 is 0. The second-order valence-electron chi connectivity index (χ2n) is 11.4. The van der Waals surface area contributed by atoms with Crippen LogP contribution in [0.15, 0.2) is 0 Å². The first-order valence-electron chi connectivity index (χ1n) is 17.0. The van der Waals surface area contributed by atoms with E-state index in [0.29, 0.717) is 6.61 Å². The molecule has 0 aromatic carbocycles. The monoisotopic (exact) mass is 513 g/mol. The molecular weight excluding hydrogens is 440 g/mol. The van der Waals surface area contributed by atoms with Crippen molar-refractivity contribution in [3.05, 3.63) is 0 Å². The van der Waals surface area contributed by atoms with E-state index in [0.717, 1.165) is 19.3 Å². The first-order chi connectivity index (χ1) is 17.7. The molecule has 2 nitrogen and oxygen atoms in total. The van der Waals surface area contributed by atoms with Crippen LogP contribution in [-0.2, 0) is 0 Å². The second kappa shape index (κ2) is 37.1. The first-order valence-corrected chi connectivity index (χ1v) is 17.0. The van der Waals surface area contributed by atoms with Gasteiger partial charge >= 0.3 is 0 Å². The lowest BCUT2D eigenvalue weighted by Crippen LogP contribution is -2.05. The molecule has 0 radical (unpaired) electrons. The summed E-state index contributed by atoms with van der Waals surface area (Å²) in [5.74, 6) is 0. The maximum atomic E-state index is 9.95. The zero-order chi connectivity index (χ0) is 26.8. The summed E-state index contributed by atoms with van der Waals surface area (Å²) in [6.07, 6.45) is 38.6. The summed E-state index contributed by atoms with van der Waals surface area (Å²) in [6.45, 7) is 7.18. The van der Waals surface area contributed by atoms with Crippen LogP contribution >= 0.6 is 0 Å². The normalized spacial score (nSPS) is 11.9. The van der Waals surface area contributed by atoms with Crippen LogP contribution in [0.4, 0.5) is 0 Å². The van der Waals surface area contributed by atoms with Gasteiger partial charge in [0.1, 0.15) is 0 Å². The van der Waals surface area contributed by atoms with Crippen molar-refractivity contribution < 1.29 is 10.2 Å². The van der Waals surface area contributed by atoms with E-state index in [1.54, 1.807) is 0 Å². The van der Waals surface area contributed by atoms with Gasteiger partial charge in [-0.2, -0.15) is 0 Å². The average molecular weight is 513 g/mol. The van der Waals surface area contributed by atoms with Crippen LogP contribution < -0.4 is 0 Å². The van der Waals surface area contributed by atoms with Crippen LogP contribution in [-0.4, -0.2) is 22.9 Å². The van der Waals surface area contributed by atoms with Crippen molar-refractivity contribution in [2.45, 2.75) is 213 Å². The van der Waals surface area contributed by atoms with Crippen LogP contribution in [0, 0.1) is 0 Å². The quantitative estimate of drug-likeness (QED) is 0.0978. The van der Waals surface area contributed by atoms with Crippen molar-refractivity contribution in [3.63, 3.8) is 0 Å². The van der Waals surface area contributed by atoms with Crippen LogP contribution in [0.5, 0.6) is 0 Å². The van der Waals surface area contributed by atoms with Crippen LogP contribution in [0.25, 0.3) is 0 Å². The number of hydrogen-bond acceptors (Lipinski definition) is 2. The molecule has 0 heterocycles. The smallest absolute Gasteiger partial charge is 0.0540 e. The van der Waals surface area contributed by atoms with Gasteiger partial charge in [-0.05, 0) is 19.3 Å². The third-order valence-corrected chi connectivity index (χ3v) is 7.54. The van der Waals surface area contributed by atoms with Crippen molar-refractivity contribution in [3.8, 4) is 0 Å². The lowest BCUT2D eigenvalue weighted by atomic mass is 10.0. The van der Waals surface area contributed by atoms with Gasteiger partial charge in [-0.25, -0.2) is 0 Å². The highest BCUT2D eigenvalue weighted by atomic mass is 16.3. The molecule has 1 unspecified atom stereocenters. The molecule has 0 aromatic rings. The lowest BCUT2D eigenvalue weighted by molar-refractivity contribution is 0.147. The van der Waals surface area contributed by atoms with E-state index < -0.39 is 0 Å². The average Bonchev–Trinajstić information content (AvgIpc) is 2.89. The molecule has 0 aliphatic carbocycles. The lowest BCUT2D eigenvalue weighted by Gasteiger charge is -2.10. The predicted molar refractivity (Wildman–Crippen MR) is 164 cm³/mol. The molecule has 2 N–H and O–H groups in total. The Morgan fingerprint density at radius 1 is 0.333 bits per heavy atom. The fourth-order valence-corrected chi connectivity index (χ4v) is 4.95. The summed E-state index contributed by atoms with van der Waals surface area (Å²) in [4.78, 5) is 0. The number of aliphatic hydroxyl groups is 2. The van der Waals surface area contributed by atoms with E-state index in [-0.39, 0.29) is 6.10 Å². The fraction of sp³-hybridized carbons (Fsp3) is 1.00. The van der Waals surface area contributed by atoms with Crippen molar-refractivity contribution in [2.24, 2.45) is 0 Å². The Labute approximate surface area is 229 Å². The van der Waals surface area contributed by atoms with Gasteiger partial charge in [-0.3, -0.25) is 0 Å². The molecule has 0 amide bonds. The van der Waals surface area contributed by atoms with Gasteiger partial charge in [0.2, 0.25) is 0 Å². The van der Waals surface area contributed by atoms with Gasteiger partial charge in [-0.1, -0.05) is 188 Å². The summed E-state index contributed by atoms with van der Waals surface area (Å²) in [6, 6.07) is 0. The molecule has 36 heavy (non-hydrogen) atoms. The Balaban J connectivity index is 0. The molecule has 0 fully saturated rings. The number of unbranched alkanes of at least 4 members (excludes halogenated alkanes) is 24.